The van der Waals surface area contributed by atoms with Gasteiger partial charge in [-0.15, -0.1) is 0 Å². The van der Waals surface area contributed by atoms with Crippen molar-refractivity contribution in [3.8, 4) is 0 Å². The molecule has 1 aromatic heterocycles. The van der Waals surface area contributed by atoms with E-state index in [2.05, 4.69) is 22.7 Å². The Morgan fingerprint density at radius 3 is 2.92 bits per heavy atom. The Labute approximate surface area is 88.7 Å². The number of aryl methyl sites for hydroxylation is 1. The van der Waals surface area contributed by atoms with Crippen LogP contribution in [0.2, 0.25) is 0 Å². The Morgan fingerprint density at radius 2 is 2.31 bits per heavy atom. The molecule has 0 aliphatic rings. The molecule has 0 bridgehead atoms. The molecule has 0 aromatic carbocycles. The lowest BCUT2D eigenvalue weighted by molar-refractivity contribution is 0.683. The first kappa shape index (κ1) is 10.9. The van der Waals surface area contributed by atoms with Crippen LogP contribution in [-0.4, -0.2) is 26.3 Å². The Kier molecular flexibility index (Phi) is 5.31. The quantitative estimate of drug-likeness (QED) is 0.449. The second-order valence-electron chi connectivity index (χ2n) is 2.80. The third-order valence-electron chi connectivity index (χ3n) is 1.70. The summed E-state index contributed by atoms with van der Waals surface area (Å²) in [5.74, 6) is 2.12. The van der Waals surface area contributed by atoms with E-state index < -0.39 is 0 Å². The van der Waals surface area contributed by atoms with Crippen LogP contribution in [0.5, 0.6) is 0 Å². The Hall–Kier alpha value is -0.160. The van der Waals surface area contributed by atoms with Crippen LogP contribution in [0.1, 0.15) is 19.3 Å². The summed E-state index contributed by atoms with van der Waals surface area (Å²) < 4.78 is 1.81. The first-order chi connectivity index (χ1) is 6.34. The molecule has 0 spiro atoms. The Balaban J connectivity index is 2.10. The minimum atomic E-state index is 0.995. The van der Waals surface area contributed by atoms with E-state index in [9.17, 15) is 0 Å². The number of hydrogen-bond acceptors (Lipinski definition) is 4. The predicted octanol–water partition coefficient (Wildman–Crippen LogP) is 2.01. The van der Waals surface area contributed by atoms with E-state index in [0.29, 0.717) is 0 Å². The molecule has 0 unspecified atom stereocenters. The van der Waals surface area contributed by atoms with Gasteiger partial charge in [0.25, 0.3) is 0 Å². The van der Waals surface area contributed by atoms with Crippen molar-refractivity contribution in [2.45, 2.75) is 24.4 Å². The van der Waals surface area contributed by atoms with E-state index in [1.807, 2.05) is 11.7 Å². The van der Waals surface area contributed by atoms with E-state index in [-0.39, 0.29) is 0 Å². The van der Waals surface area contributed by atoms with Crippen LogP contribution in [0.3, 0.4) is 0 Å². The van der Waals surface area contributed by atoms with Gasteiger partial charge in [-0.25, -0.2) is 9.67 Å². The van der Waals surface area contributed by atoms with Gasteiger partial charge in [0, 0.05) is 12.8 Å². The van der Waals surface area contributed by atoms with Gasteiger partial charge in [-0.2, -0.15) is 17.7 Å². The summed E-state index contributed by atoms with van der Waals surface area (Å²) in [6, 6.07) is 0. The van der Waals surface area contributed by atoms with Gasteiger partial charge in [0.05, 0.1) is 0 Å². The third-order valence-corrected chi connectivity index (χ3v) is 3.14. The molecule has 1 aromatic rings. The highest BCUT2D eigenvalue weighted by atomic mass is 32.2. The van der Waals surface area contributed by atoms with Crippen molar-refractivity contribution in [2.24, 2.45) is 7.05 Å². The number of unbranched alkanes of at least 4 members (excludes halogenated alkanes) is 2. The van der Waals surface area contributed by atoms with Crippen molar-refractivity contribution in [1.29, 1.82) is 0 Å². The predicted molar refractivity (Wildman–Crippen MR) is 59.4 cm³/mol. The molecule has 0 radical (unpaired) electrons. The summed E-state index contributed by atoms with van der Waals surface area (Å²) >= 11 is 5.93. The third kappa shape index (κ3) is 4.04. The van der Waals surface area contributed by atoms with Gasteiger partial charge in [0.15, 0.2) is 5.16 Å². The highest BCUT2D eigenvalue weighted by Crippen LogP contribution is 2.15. The molecule has 0 amide bonds. The molecule has 1 rings (SSSR count). The van der Waals surface area contributed by atoms with Crippen LogP contribution < -0.4 is 0 Å². The average Bonchev–Trinajstić information content (AvgIpc) is 2.52. The van der Waals surface area contributed by atoms with Gasteiger partial charge in [0.1, 0.15) is 6.33 Å². The second kappa shape index (κ2) is 6.32. The zero-order chi connectivity index (χ0) is 9.52. The Morgan fingerprint density at radius 1 is 1.46 bits per heavy atom. The summed E-state index contributed by atoms with van der Waals surface area (Å²) in [6.07, 6.45) is 5.30. The lowest BCUT2D eigenvalue weighted by atomic mass is 10.3. The number of hydrogen-bond donors (Lipinski definition) is 1. The SMILES string of the molecule is Cn1ncnc1SCCCCCS. The Bertz CT molecular complexity index is 237. The molecule has 1 heterocycles. The van der Waals surface area contributed by atoms with Crippen LogP contribution in [-0.2, 0) is 7.05 Å². The van der Waals surface area contributed by atoms with Crippen LogP contribution in [0.25, 0.3) is 0 Å². The fraction of sp³-hybridized carbons (Fsp3) is 0.750. The molecule has 0 aliphatic heterocycles. The zero-order valence-electron chi connectivity index (χ0n) is 7.81. The van der Waals surface area contributed by atoms with Gasteiger partial charge in [-0.3, -0.25) is 0 Å². The second-order valence-corrected chi connectivity index (χ2v) is 4.31. The van der Waals surface area contributed by atoms with Crippen LogP contribution in [0.4, 0.5) is 0 Å². The van der Waals surface area contributed by atoms with E-state index in [1.165, 1.54) is 19.3 Å². The van der Waals surface area contributed by atoms with Crippen molar-refractivity contribution in [3.63, 3.8) is 0 Å². The van der Waals surface area contributed by atoms with Crippen LogP contribution >= 0.6 is 24.4 Å². The molecule has 74 valence electrons. The molecule has 0 saturated carbocycles. The number of nitrogens with zero attached hydrogens (tertiary/aromatic N) is 3. The molecule has 3 nitrogen and oxygen atoms in total. The van der Waals surface area contributed by atoms with Gasteiger partial charge < -0.3 is 0 Å². The van der Waals surface area contributed by atoms with Gasteiger partial charge in [-0.05, 0) is 18.6 Å². The fourth-order valence-electron chi connectivity index (χ4n) is 0.970. The van der Waals surface area contributed by atoms with Gasteiger partial charge in [0.2, 0.25) is 0 Å². The minimum absolute atomic E-state index is 0.995. The van der Waals surface area contributed by atoms with Crippen molar-refractivity contribution in [2.75, 3.05) is 11.5 Å². The molecular weight excluding hydrogens is 202 g/mol. The van der Waals surface area contributed by atoms with Gasteiger partial charge >= 0.3 is 0 Å². The summed E-state index contributed by atoms with van der Waals surface area (Å²) in [4.78, 5) is 4.13. The smallest absolute Gasteiger partial charge is 0.185 e. The maximum absolute atomic E-state index is 4.17. The molecular formula is C8H15N3S2. The molecule has 0 fully saturated rings. The van der Waals surface area contributed by atoms with Crippen LogP contribution in [0, 0.1) is 0 Å². The summed E-state index contributed by atoms with van der Waals surface area (Å²) in [5, 5.41) is 5.01. The van der Waals surface area contributed by atoms with Crippen LogP contribution in [0.15, 0.2) is 11.5 Å². The van der Waals surface area contributed by atoms with Gasteiger partial charge in [-0.1, -0.05) is 18.2 Å². The number of thiol groups is 1. The maximum Gasteiger partial charge on any atom is 0.185 e. The highest BCUT2D eigenvalue weighted by Gasteiger charge is 1.99. The van der Waals surface area contributed by atoms with Crippen molar-refractivity contribution in [3.05, 3.63) is 6.33 Å². The largest absolute Gasteiger partial charge is 0.244 e. The van der Waals surface area contributed by atoms with E-state index in [0.717, 1.165) is 16.7 Å². The summed E-state index contributed by atoms with van der Waals surface area (Å²) in [5.41, 5.74) is 0. The number of rotatable bonds is 6. The van der Waals surface area contributed by atoms with E-state index >= 15 is 0 Å². The monoisotopic (exact) mass is 217 g/mol. The lowest BCUT2D eigenvalue weighted by Crippen LogP contribution is -1.93. The molecule has 5 heteroatoms. The van der Waals surface area contributed by atoms with Crippen molar-refractivity contribution in [1.82, 2.24) is 14.8 Å². The lowest BCUT2D eigenvalue weighted by Gasteiger charge is -1.99. The first-order valence-electron chi connectivity index (χ1n) is 4.42. The normalized spacial score (nSPS) is 10.6. The topological polar surface area (TPSA) is 30.7 Å². The average molecular weight is 217 g/mol. The highest BCUT2D eigenvalue weighted by molar-refractivity contribution is 7.99. The zero-order valence-corrected chi connectivity index (χ0v) is 9.52. The standard InChI is InChI=1S/C8H15N3S2/c1-11-8(9-7-10-11)13-6-4-2-3-5-12/h7,12H,2-6H2,1H3. The molecule has 0 N–H and O–H groups in total. The van der Waals surface area contributed by atoms with Crippen molar-refractivity contribution < 1.29 is 0 Å². The van der Waals surface area contributed by atoms with E-state index in [4.69, 9.17) is 0 Å². The molecule has 0 aliphatic carbocycles. The molecule has 0 atom stereocenters. The van der Waals surface area contributed by atoms with E-state index in [1.54, 1.807) is 18.1 Å². The van der Waals surface area contributed by atoms with Crippen molar-refractivity contribution >= 4 is 24.4 Å². The maximum atomic E-state index is 4.17. The number of aromatic nitrogens is 3. The minimum Gasteiger partial charge on any atom is -0.244 e. The first-order valence-corrected chi connectivity index (χ1v) is 6.04. The number of thioether (sulfide) groups is 1. The fourth-order valence-corrected chi connectivity index (χ4v) is 2.08. The molecule has 13 heavy (non-hydrogen) atoms. The molecule has 0 saturated heterocycles. The summed E-state index contributed by atoms with van der Waals surface area (Å²) in [7, 11) is 1.92. The summed E-state index contributed by atoms with van der Waals surface area (Å²) in [6.45, 7) is 0.